The van der Waals surface area contributed by atoms with E-state index in [0.29, 0.717) is 0 Å². The first-order chi connectivity index (χ1) is 11.0. The Bertz CT molecular complexity index is 693. The SMILES string of the molecule is Cc1ccc(N2CCN(Cc3cccc(C)c3)C(C)C2=O)cc1. The molecule has 0 bridgehead atoms. The fourth-order valence-electron chi connectivity index (χ4n) is 3.16. The summed E-state index contributed by atoms with van der Waals surface area (Å²) < 4.78 is 0. The lowest BCUT2D eigenvalue weighted by molar-refractivity contribution is -0.125. The predicted molar refractivity (Wildman–Crippen MR) is 94.6 cm³/mol. The van der Waals surface area contributed by atoms with Gasteiger partial charge < -0.3 is 4.90 Å². The Morgan fingerprint density at radius 3 is 2.43 bits per heavy atom. The van der Waals surface area contributed by atoms with Crippen molar-refractivity contribution < 1.29 is 4.79 Å². The van der Waals surface area contributed by atoms with Crippen molar-refractivity contribution in [2.24, 2.45) is 0 Å². The molecule has 1 saturated heterocycles. The third kappa shape index (κ3) is 3.45. The number of carbonyl (C=O) groups is 1. The topological polar surface area (TPSA) is 23.6 Å². The van der Waals surface area contributed by atoms with Crippen molar-refractivity contribution in [1.82, 2.24) is 4.90 Å². The van der Waals surface area contributed by atoms with Crippen LogP contribution in [0.3, 0.4) is 0 Å². The van der Waals surface area contributed by atoms with Crippen molar-refractivity contribution in [1.29, 1.82) is 0 Å². The smallest absolute Gasteiger partial charge is 0.244 e. The quantitative estimate of drug-likeness (QED) is 0.866. The number of rotatable bonds is 3. The number of hydrogen-bond donors (Lipinski definition) is 0. The van der Waals surface area contributed by atoms with E-state index in [4.69, 9.17) is 0 Å². The second-order valence-corrected chi connectivity index (χ2v) is 6.46. The molecule has 0 N–H and O–H groups in total. The van der Waals surface area contributed by atoms with Gasteiger partial charge in [0.15, 0.2) is 0 Å². The summed E-state index contributed by atoms with van der Waals surface area (Å²) in [6.45, 7) is 8.66. The highest BCUT2D eigenvalue weighted by atomic mass is 16.2. The number of piperazine rings is 1. The van der Waals surface area contributed by atoms with Gasteiger partial charge in [0.25, 0.3) is 0 Å². The first-order valence-corrected chi connectivity index (χ1v) is 8.22. The van der Waals surface area contributed by atoms with E-state index in [1.54, 1.807) is 0 Å². The van der Waals surface area contributed by atoms with Gasteiger partial charge in [-0.25, -0.2) is 0 Å². The van der Waals surface area contributed by atoms with Gasteiger partial charge in [-0.05, 0) is 38.5 Å². The number of aryl methyl sites for hydroxylation is 2. The molecule has 0 aromatic heterocycles. The van der Waals surface area contributed by atoms with Crippen LogP contribution in [0.15, 0.2) is 48.5 Å². The number of carbonyl (C=O) groups excluding carboxylic acids is 1. The maximum Gasteiger partial charge on any atom is 0.244 e. The molecule has 23 heavy (non-hydrogen) atoms. The highest BCUT2D eigenvalue weighted by molar-refractivity contribution is 5.97. The van der Waals surface area contributed by atoms with Gasteiger partial charge in [-0.15, -0.1) is 0 Å². The van der Waals surface area contributed by atoms with Crippen LogP contribution in [0.25, 0.3) is 0 Å². The van der Waals surface area contributed by atoms with Gasteiger partial charge in [-0.2, -0.15) is 0 Å². The minimum Gasteiger partial charge on any atom is -0.310 e. The largest absolute Gasteiger partial charge is 0.310 e. The summed E-state index contributed by atoms with van der Waals surface area (Å²) in [7, 11) is 0. The molecule has 2 aromatic rings. The van der Waals surface area contributed by atoms with E-state index in [2.05, 4.69) is 55.1 Å². The molecule has 1 unspecified atom stereocenters. The maximum absolute atomic E-state index is 12.8. The van der Waals surface area contributed by atoms with Crippen LogP contribution in [-0.4, -0.2) is 29.9 Å². The molecule has 0 radical (unpaired) electrons. The van der Waals surface area contributed by atoms with Crippen molar-refractivity contribution >= 4 is 11.6 Å². The Hall–Kier alpha value is -2.13. The number of anilines is 1. The Balaban J connectivity index is 1.72. The van der Waals surface area contributed by atoms with Crippen molar-refractivity contribution in [3.05, 3.63) is 65.2 Å². The number of hydrogen-bond acceptors (Lipinski definition) is 2. The van der Waals surface area contributed by atoms with Gasteiger partial charge in [-0.1, -0.05) is 47.5 Å². The summed E-state index contributed by atoms with van der Waals surface area (Å²) >= 11 is 0. The summed E-state index contributed by atoms with van der Waals surface area (Å²) in [6.07, 6.45) is 0. The van der Waals surface area contributed by atoms with Gasteiger partial charge in [0.05, 0.1) is 6.04 Å². The lowest BCUT2D eigenvalue weighted by atomic mass is 10.1. The molecular weight excluding hydrogens is 284 g/mol. The average molecular weight is 308 g/mol. The van der Waals surface area contributed by atoms with E-state index in [9.17, 15) is 4.79 Å². The molecule has 1 fully saturated rings. The molecule has 0 aliphatic carbocycles. The third-order valence-electron chi connectivity index (χ3n) is 4.60. The molecule has 1 aliphatic rings. The van der Waals surface area contributed by atoms with Gasteiger partial charge in [0.2, 0.25) is 5.91 Å². The standard InChI is InChI=1S/C20H24N2O/c1-15-7-9-19(10-8-15)22-12-11-21(17(3)20(22)23)14-18-6-4-5-16(2)13-18/h4-10,13,17H,11-12,14H2,1-3H3. The van der Waals surface area contributed by atoms with E-state index in [-0.39, 0.29) is 11.9 Å². The molecule has 1 amide bonds. The van der Waals surface area contributed by atoms with E-state index in [1.165, 1.54) is 16.7 Å². The highest BCUT2D eigenvalue weighted by Crippen LogP contribution is 2.22. The molecule has 1 atom stereocenters. The van der Waals surface area contributed by atoms with E-state index < -0.39 is 0 Å². The maximum atomic E-state index is 12.8. The Morgan fingerprint density at radius 2 is 1.74 bits per heavy atom. The summed E-state index contributed by atoms with van der Waals surface area (Å²) in [5.74, 6) is 0.188. The molecule has 0 spiro atoms. The minimum atomic E-state index is -0.0921. The van der Waals surface area contributed by atoms with Gasteiger partial charge in [-0.3, -0.25) is 9.69 Å². The second kappa shape index (κ2) is 6.55. The zero-order valence-corrected chi connectivity index (χ0v) is 14.1. The fraction of sp³-hybridized carbons (Fsp3) is 0.350. The first kappa shape index (κ1) is 15.8. The second-order valence-electron chi connectivity index (χ2n) is 6.46. The highest BCUT2D eigenvalue weighted by Gasteiger charge is 2.32. The number of benzene rings is 2. The van der Waals surface area contributed by atoms with E-state index >= 15 is 0 Å². The molecule has 3 heteroatoms. The summed E-state index contributed by atoms with van der Waals surface area (Å²) in [5.41, 5.74) is 4.75. The van der Waals surface area contributed by atoms with Gasteiger partial charge >= 0.3 is 0 Å². The van der Waals surface area contributed by atoms with Gasteiger partial charge in [0, 0.05) is 25.3 Å². The normalized spacial score (nSPS) is 19.2. The predicted octanol–water partition coefficient (Wildman–Crippen LogP) is 3.54. The third-order valence-corrected chi connectivity index (χ3v) is 4.60. The zero-order chi connectivity index (χ0) is 16.4. The van der Waals surface area contributed by atoms with Crippen LogP contribution in [0.4, 0.5) is 5.69 Å². The number of amides is 1. The molecule has 3 nitrogen and oxygen atoms in total. The molecular formula is C20H24N2O. The molecule has 1 aliphatic heterocycles. The lowest BCUT2D eigenvalue weighted by Crippen LogP contribution is -2.55. The van der Waals surface area contributed by atoms with Crippen LogP contribution in [-0.2, 0) is 11.3 Å². The van der Waals surface area contributed by atoms with Gasteiger partial charge in [0.1, 0.15) is 0 Å². The fourth-order valence-corrected chi connectivity index (χ4v) is 3.16. The van der Waals surface area contributed by atoms with Crippen LogP contribution in [0.1, 0.15) is 23.6 Å². The summed E-state index contributed by atoms with van der Waals surface area (Å²) in [5, 5.41) is 0. The summed E-state index contributed by atoms with van der Waals surface area (Å²) in [6, 6.07) is 16.6. The lowest BCUT2D eigenvalue weighted by Gasteiger charge is -2.39. The molecule has 1 heterocycles. The molecule has 3 rings (SSSR count). The van der Waals surface area contributed by atoms with Crippen molar-refractivity contribution in [3.8, 4) is 0 Å². The molecule has 2 aromatic carbocycles. The molecule has 120 valence electrons. The Morgan fingerprint density at radius 1 is 1.00 bits per heavy atom. The van der Waals surface area contributed by atoms with Crippen LogP contribution < -0.4 is 4.90 Å². The molecule has 0 saturated carbocycles. The minimum absolute atomic E-state index is 0.0921. The monoisotopic (exact) mass is 308 g/mol. The Labute approximate surface area is 138 Å². The van der Waals surface area contributed by atoms with E-state index in [0.717, 1.165) is 25.3 Å². The van der Waals surface area contributed by atoms with Crippen molar-refractivity contribution in [2.75, 3.05) is 18.0 Å². The van der Waals surface area contributed by atoms with E-state index in [1.807, 2.05) is 24.0 Å². The first-order valence-electron chi connectivity index (χ1n) is 8.22. The zero-order valence-electron chi connectivity index (χ0n) is 14.1. The van der Waals surface area contributed by atoms with Crippen LogP contribution >= 0.6 is 0 Å². The van der Waals surface area contributed by atoms with Crippen molar-refractivity contribution in [2.45, 2.75) is 33.4 Å². The van der Waals surface area contributed by atoms with Crippen LogP contribution in [0.5, 0.6) is 0 Å². The average Bonchev–Trinajstić information content (AvgIpc) is 2.53. The van der Waals surface area contributed by atoms with Crippen molar-refractivity contribution in [3.63, 3.8) is 0 Å². The van der Waals surface area contributed by atoms with Crippen LogP contribution in [0.2, 0.25) is 0 Å². The number of nitrogens with zero attached hydrogens (tertiary/aromatic N) is 2. The van der Waals surface area contributed by atoms with Crippen LogP contribution in [0, 0.1) is 13.8 Å². The Kier molecular flexibility index (Phi) is 4.49. The summed E-state index contributed by atoms with van der Waals surface area (Å²) in [4.78, 5) is 16.9.